The molecule has 0 aliphatic carbocycles. The largest absolute Gasteiger partial charge is 0.380 e. The summed E-state index contributed by atoms with van der Waals surface area (Å²) in [5.41, 5.74) is 2.62. The van der Waals surface area contributed by atoms with E-state index in [2.05, 4.69) is 47.3 Å². The van der Waals surface area contributed by atoms with E-state index in [9.17, 15) is 0 Å². The van der Waals surface area contributed by atoms with Gasteiger partial charge in [0, 0.05) is 37.3 Å². The molecule has 92 valence electrons. The molecule has 2 rings (SSSR count). The van der Waals surface area contributed by atoms with Crippen molar-refractivity contribution in [3.8, 4) is 0 Å². The third-order valence-corrected chi connectivity index (χ3v) is 3.13. The number of hydrogen-bond acceptors (Lipinski definition) is 2. The molecule has 3 heteroatoms. The lowest BCUT2D eigenvalue weighted by Crippen LogP contribution is -2.13. The van der Waals surface area contributed by atoms with Gasteiger partial charge in [-0.15, -0.1) is 0 Å². The van der Waals surface area contributed by atoms with E-state index in [4.69, 9.17) is 4.74 Å². The van der Waals surface area contributed by atoms with Crippen molar-refractivity contribution < 1.29 is 4.74 Å². The first-order chi connectivity index (χ1) is 8.26. The van der Waals surface area contributed by atoms with Gasteiger partial charge in [-0.25, -0.2) is 0 Å². The zero-order valence-electron chi connectivity index (χ0n) is 10.7. The van der Waals surface area contributed by atoms with Gasteiger partial charge in [0.25, 0.3) is 0 Å². The smallest absolute Gasteiger partial charge is 0.0722 e. The van der Waals surface area contributed by atoms with E-state index in [0.29, 0.717) is 0 Å². The van der Waals surface area contributed by atoms with Crippen LogP contribution in [0.4, 0.5) is 0 Å². The van der Waals surface area contributed by atoms with Gasteiger partial charge in [-0.05, 0) is 31.7 Å². The van der Waals surface area contributed by atoms with Crippen LogP contribution in [0.25, 0.3) is 10.9 Å². The first-order valence-electron chi connectivity index (χ1n) is 6.00. The van der Waals surface area contributed by atoms with E-state index >= 15 is 0 Å². The molecule has 0 saturated heterocycles. The van der Waals surface area contributed by atoms with Crippen LogP contribution in [0.2, 0.25) is 0 Å². The standard InChI is InChI=1S/C14H20N2O/c1-11(17-3)10-16-8-7-13-12(9-15-2)5-4-6-14(13)16/h4-8,11,15H,9-10H2,1-3H3. The molecule has 1 atom stereocenters. The first-order valence-corrected chi connectivity index (χ1v) is 6.00. The summed E-state index contributed by atoms with van der Waals surface area (Å²) in [4.78, 5) is 0. The second-order valence-corrected chi connectivity index (χ2v) is 4.39. The molecule has 2 aromatic rings. The fourth-order valence-electron chi connectivity index (χ4n) is 2.14. The molecule has 0 fully saturated rings. The number of benzene rings is 1. The lowest BCUT2D eigenvalue weighted by molar-refractivity contribution is 0.104. The number of rotatable bonds is 5. The summed E-state index contributed by atoms with van der Waals surface area (Å²) in [6.07, 6.45) is 2.37. The minimum Gasteiger partial charge on any atom is -0.380 e. The maximum atomic E-state index is 5.32. The van der Waals surface area contributed by atoms with Crippen LogP contribution in [-0.4, -0.2) is 24.8 Å². The van der Waals surface area contributed by atoms with Gasteiger partial charge in [-0.2, -0.15) is 0 Å². The Morgan fingerprint density at radius 3 is 2.88 bits per heavy atom. The molecule has 0 aliphatic rings. The van der Waals surface area contributed by atoms with Crippen molar-refractivity contribution in [1.82, 2.24) is 9.88 Å². The lowest BCUT2D eigenvalue weighted by Gasteiger charge is -2.12. The van der Waals surface area contributed by atoms with Crippen LogP contribution < -0.4 is 5.32 Å². The van der Waals surface area contributed by atoms with Gasteiger partial charge < -0.3 is 14.6 Å². The Morgan fingerprint density at radius 2 is 2.18 bits per heavy atom. The summed E-state index contributed by atoms with van der Waals surface area (Å²) in [5.74, 6) is 0. The number of nitrogens with one attached hydrogen (secondary N) is 1. The highest BCUT2D eigenvalue weighted by molar-refractivity contribution is 5.83. The average molecular weight is 232 g/mol. The van der Waals surface area contributed by atoms with E-state index in [-0.39, 0.29) is 6.10 Å². The van der Waals surface area contributed by atoms with Crippen molar-refractivity contribution in [2.24, 2.45) is 0 Å². The number of aromatic nitrogens is 1. The fourth-order valence-corrected chi connectivity index (χ4v) is 2.14. The molecule has 0 saturated carbocycles. The van der Waals surface area contributed by atoms with Crippen molar-refractivity contribution >= 4 is 10.9 Å². The van der Waals surface area contributed by atoms with E-state index in [1.807, 2.05) is 7.05 Å². The molecule has 1 aromatic heterocycles. The van der Waals surface area contributed by atoms with Gasteiger partial charge in [0.15, 0.2) is 0 Å². The van der Waals surface area contributed by atoms with Crippen molar-refractivity contribution in [2.45, 2.75) is 26.1 Å². The first kappa shape index (κ1) is 12.1. The number of ether oxygens (including phenoxy) is 1. The Morgan fingerprint density at radius 1 is 1.35 bits per heavy atom. The van der Waals surface area contributed by atoms with Crippen LogP contribution in [0.15, 0.2) is 30.5 Å². The second-order valence-electron chi connectivity index (χ2n) is 4.39. The molecule has 3 nitrogen and oxygen atoms in total. The number of methoxy groups -OCH3 is 1. The highest BCUT2D eigenvalue weighted by Crippen LogP contribution is 2.20. The highest BCUT2D eigenvalue weighted by atomic mass is 16.5. The molecule has 0 aliphatic heterocycles. The summed E-state index contributed by atoms with van der Waals surface area (Å²) in [6.45, 7) is 3.88. The molecule has 1 N–H and O–H groups in total. The summed E-state index contributed by atoms with van der Waals surface area (Å²) in [5, 5.41) is 4.53. The minimum absolute atomic E-state index is 0.235. The summed E-state index contributed by atoms with van der Waals surface area (Å²) < 4.78 is 7.57. The van der Waals surface area contributed by atoms with Gasteiger partial charge in [-0.3, -0.25) is 0 Å². The van der Waals surface area contributed by atoms with Crippen LogP contribution in [0.5, 0.6) is 0 Å². The highest BCUT2D eigenvalue weighted by Gasteiger charge is 2.07. The van der Waals surface area contributed by atoms with Crippen LogP contribution >= 0.6 is 0 Å². The molecular weight excluding hydrogens is 212 g/mol. The summed E-state index contributed by atoms with van der Waals surface area (Å²) in [6, 6.07) is 8.63. The summed E-state index contributed by atoms with van der Waals surface area (Å²) in [7, 11) is 3.73. The third kappa shape index (κ3) is 2.51. The van der Waals surface area contributed by atoms with E-state index in [1.165, 1.54) is 16.5 Å². The molecule has 0 bridgehead atoms. The normalized spacial score (nSPS) is 13.1. The maximum absolute atomic E-state index is 5.32. The van der Waals surface area contributed by atoms with E-state index in [0.717, 1.165) is 13.1 Å². The Balaban J connectivity index is 2.36. The van der Waals surface area contributed by atoms with E-state index in [1.54, 1.807) is 7.11 Å². The summed E-state index contributed by atoms with van der Waals surface area (Å²) >= 11 is 0. The van der Waals surface area contributed by atoms with E-state index < -0.39 is 0 Å². The Kier molecular flexibility index (Phi) is 3.82. The zero-order valence-corrected chi connectivity index (χ0v) is 10.7. The molecule has 17 heavy (non-hydrogen) atoms. The van der Waals surface area contributed by atoms with Crippen LogP contribution in [0, 0.1) is 0 Å². The molecule has 1 aromatic carbocycles. The van der Waals surface area contributed by atoms with Gasteiger partial charge in [0.05, 0.1) is 6.10 Å². The monoisotopic (exact) mass is 232 g/mol. The van der Waals surface area contributed by atoms with Crippen LogP contribution in [-0.2, 0) is 17.8 Å². The SMILES string of the molecule is CNCc1cccc2c1ccn2CC(C)OC. The van der Waals surface area contributed by atoms with Gasteiger partial charge in [0.2, 0.25) is 0 Å². The molecule has 0 spiro atoms. The number of nitrogens with zero attached hydrogens (tertiary/aromatic N) is 1. The topological polar surface area (TPSA) is 26.2 Å². The second kappa shape index (κ2) is 5.34. The minimum atomic E-state index is 0.235. The Hall–Kier alpha value is -1.32. The Labute approximate surface area is 102 Å². The fraction of sp³-hybridized carbons (Fsp3) is 0.429. The number of fused-ring (bicyclic) bond motifs is 1. The van der Waals surface area contributed by atoms with Crippen molar-refractivity contribution in [1.29, 1.82) is 0 Å². The van der Waals surface area contributed by atoms with Gasteiger partial charge in [-0.1, -0.05) is 12.1 Å². The molecule has 1 heterocycles. The average Bonchev–Trinajstić information content (AvgIpc) is 2.74. The maximum Gasteiger partial charge on any atom is 0.0722 e. The molecular formula is C14H20N2O. The molecule has 1 unspecified atom stereocenters. The predicted molar refractivity (Wildman–Crippen MR) is 71.2 cm³/mol. The van der Waals surface area contributed by atoms with Crippen molar-refractivity contribution in [2.75, 3.05) is 14.2 Å². The molecule has 0 amide bonds. The van der Waals surface area contributed by atoms with Crippen molar-refractivity contribution in [3.05, 3.63) is 36.0 Å². The van der Waals surface area contributed by atoms with Gasteiger partial charge >= 0.3 is 0 Å². The Bertz CT molecular complexity index is 490. The third-order valence-electron chi connectivity index (χ3n) is 3.13. The quantitative estimate of drug-likeness (QED) is 0.856. The zero-order chi connectivity index (χ0) is 12.3. The van der Waals surface area contributed by atoms with Crippen LogP contribution in [0.3, 0.4) is 0 Å². The van der Waals surface area contributed by atoms with Crippen LogP contribution in [0.1, 0.15) is 12.5 Å². The number of hydrogen-bond donors (Lipinski definition) is 1. The molecule has 0 radical (unpaired) electrons. The predicted octanol–water partition coefficient (Wildman–Crippen LogP) is 2.40. The van der Waals surface area contributed by atoms with Gasteiger partial charge in [0.1, 0.15) is 0 Å². The van der Waals surface area contributed by atoms with Crippen molar-refractivity contribution in [3.63, 3.8) is 0 Å². The lowest BCUT2D eigenvalue weighted by atomic mass is 10.1.